The Kier molecular flexibility index (Phi) is 5.01. The number of carbonyl (C=O) groups is 1. The maximum Gasteiger partial charge on any atom is 0.417 e. The molecule has 0 saturated carbocycles. The molecule has 2 aromatic rings. The fourth-order valence-electron chi connectivity index (χ4n) is 3.19. The van der Waals surface area contributed by atoms with Gasteiger partial charge in [0.05, 0.1) is 18.9 Å². The van der Waals surface area contributed by atoms with Crippen LogP contribution in [-0.2, 0) is 21.3 Å². The van der Waals surface area contributed by atoms with Crippen LogP contribution in [0.4, 0.5) is 13.2 Å². The highest BCUT2D eigenvalue weighted by Crippen LogP contribution is 2.53. The SMILES string of the molecule is C=C1c2ccccc2OC1(/C(=C\OC)C(=O)O)c1ccc(Br)c(C(F)(F)F)c1. The van der Waals surface area contributed by atoms with Gasteiger partial charge in [0.25, 0.3) is 0 Å². The van der Waals surface area contributed by atoms with Crippen LogP contribution in [0.3, 0.4) is 0 Å². The number of rotatable bonds is 4. The first-order chi connectivity index (χ1) is 13.1. The molecule has 3 rings (SSSR count). The van der Waals surface area contributed by atoms with Crippen LogP contribution in [0.15, 0.2) is 65.4 Å². The summed E-state index contributed by atoms with van der Waals surface area (Å²) in [7, 11) is 1.24. The molecule has 1 aliphatic rings. The largest absolute Gasteiger partial charge is 0.504 e. The van der Waals surface area contributed by atoms with Gasteiger partial charge in [-0.1, -0.05) is 46.8 Å². The molecule has 0 spiro atoms. The number of alkyl halides is 3. The van der Waals surface area contributed by atoms with Crippen LogP contribution in [-0.4, -0.2) is 18.2 Å². The fraction of sp³-hybridized carbons (Fsp3) is 0.150. The molecule has 1 atom stereocenters. The van der Waals surface area contributed by atoms with Crippen LogP contribution < -0.4 is 4.74 Å². The van der Waals surface area contributed by atoms with Gasteiger partial charge in [-0.15, -0.1) is 0 Å². The number of aliphatic carboxylic acids is 1. The molecule has 0 aliphatic carbocycles. The Morgan fingerprint density at radius 1 is 1.29 bits per heavy atom. The zero-order valence-corrected chi connectivity index (χ0v) is 16.1. The van der Waals surface area contributed by atoms with Crippen LogP contribution >= 0.6 is 15.9 Å². The van der Waals surface area contributed by atoms with Gasteiger partial charge in [-0.05, 0) is 18.2 Å². The summed E-state index contributed by atoms with van der Waals surface area (Å²) in [6, 6.07) is 10.0. The molecule has 0 fully saturated rings. The van der Waals surface area contributed by atoms with Gasteiger partial charge in [0.1, 0.15) is 11.3 Å². The maximum absolute atomic E-state index is 13.5. The average molecular weight is 455 g/mol. The van der Waals surface area contributed by atoms with E-state index in [9.17, 15) is 23.1 Å². The zero-order chi connectivity index (χ0) is 20.7. The van der Waals surface area contributed by atoms with Gasteiger partial charge in [-0.25, -0.2) is 4.79 Å². The monoisotopic (exact) mass is 454 g/mol. The number of carboxylic acids is 1. The van der Waals surface area contributed by atoms with E-state index in [0.29, 0.717) is 11.3 Å². The van der Waals surface area contributed by atoms with E-state index in [1.807, 2.05) is 0 Å². The van der Waals surface area contributed by atoms with E-state index in [-0.39, 0.29) is 15.6 Å². The topological polar surface area (TPSA) is 55.8 Å². The maximum atomic E-state index is 13.5. The molecular weight excluding hydrogens is 441 g/mol. The summed E-state index contributed by atoms with van der Waals surface area (Å²) in [5.74, 6) is -1.10. The summed E-state index contributed by atoms with van der Waals surface area (Å²) in [6.07, 6.45) is -3.72. The van der Waals surface area contributed by atoms with Crippen LogP contribution in [0.2, 0.25) is 0 Å². The molecule has 146 valence electrons. The van der Waals surface area contributed by atoms with E-state index in [1.54, 1.807) is 24.3 Å². The van der Waals surface area contributed by atoms with Gasteiger partial charge in [-0.2, -0.15) is 13.2 Å². The van der Waals surface area contributed by atoms with Crippen molar-refractivity contribution in [2.75, 3.05) is 7.11 Å². The third-order valence-corrected chi connectivity index (χ3v) is 5.12. The minimum absolute atomic E-state index is 0.0325. The number of fused-ring (bicyclic) bond motifs is 1. The minimum Gasteiger partial charge on any atom is -0.504 e. The molecular formula is C20H14BrF3O4. The summed E-state index contributed by atoms with van der Waals surface area (Å²) in [5, 5.41) is 9.77. The van der Waals surface area contributed by atoms with Crippen molar-refractivity contribution in [3.8, 4) is 5.75 Å². The second kappa shape index (κ2) is 7.01. The second-order valence-corrected chi connectivity index (χ2v) is 6.88. The lowest BCUT2D eigenvalue weighted by molar-refractivity contribution is -0.138. The lowest BCUT2D eigenvalue weighted by Gasteiger charge is -2.31. The molecule has 2 aromatic carbocycles. The predicted octanol–water partition coefficient (Wildman–Crippen LogP) is 5.38. The molecule has 0 saturated heterocycles. The highest BCUT2D eigenvalue weighted by Gasteiger charge is 2.51. The molecule has 0 amide bonds. The van der Waals surface area contributed by atoms with E-state index in [0.717, 1.165) is 12.3 Å². The minimum atomic E-state index is -4.66. The van der Waals surface area contributed by atoms with Crippen molar-refractivity contribution in [3.05, 3.63) is 82.0 Å². The Bertz CT molecular complexity index is 997. The first kappa shape index (κ1) is 20.0. The molecule has 28 heavy (non-hydrogen) atoms. The van der Waals surface area contributed by atoms with Crippen LogP contribution in [0.25, 0.3) is 5.57 Å². The molecule has 8 heteroatoms. The van der Waals surface area contributed by atoms with E-state index in [4.69, 9.17) is 9.47 Å². The van der Waals surface area contributed by atoms with E-state index in [1.165, 1.54) is 19.2 Å². The second-order valence-electron chi connectivity index (χ2n) is 6.02. The van der Waals surface area contributed by atoms with Crippen molar-refractivity contribution in [1.29, 1.82) is 0 Å². The molecule has 1 unspecified atom stereocenters. The van der Waals surface area contributed by atoms with Gasteiger partial charge in [0.2, 0.25) is 0 Å². The molecule has 1 aliphatic heterocycles. The van der Waals surface area contributed by atoms with Crippen molar-refractivity contribution < 1.29 is 32.5 Å². The van der Waals surface area contributed by atoms with E-state index >= 15 is 0 Å². The Labute approximate surface area is 167 Å². The number of ether oxygens (including phenoxy) is 2. The Morgan fingerprint density at radius 2 is 1.96 bits per heavy atom. The van der Waals surface area contributed by atoms with Crippen LogP contribution in [0.1, 0.15) is 16.7 Å². The Balaban J connectivity index is 2.34. The average Bonchev–Trinajstić information content (AvgIpc) is 2.92. The lowest BCUT2D eigenvalue weighted by Crippen LogP contribution is -2.36. The number of para-hydroxylation sites is 1. The van der Waals surface area contributed by atoms with Gasteiger partial charge in [-0.3, -0.25) is 0 Å². The van der Waals surface area contributed by atoms with Crippen LogP contribution in [0.5, 0.6) is 5.75 Å². The normalized spacial score (nSPS) is 19.2. The number of hydrogen-bond donors (Lipinski definition) is 1. The number of carboxylic acid groups (broad SMARTS) is 1. The first-order valence-electron chi connectivity index (χ1n) is 7.94. The molecule has 0 aromatic heterocycles. The van der Waals surface area contributed by atoms with E-state index < -0.39 is 28.9 Å². The fourth-order valence-corrected chi connectivity index (χ4v) is 3.66. The number of halogens is 4. The zero-order valence-electron chi connectivity index (χ0n) is 14.5. The summed E-state index contributed by atoms with van der Waals surface area (Å²) >= 11 is 2.89. The molecule has 4 nitrogen and oxygen atoms in total. The Hall–Kier alpha value is -2.74. The summed E-state index contributed by atoms with van der Waals surface area (Å²) in [6.45, 7) is 3.95. The Morgan fingerprint density at radius 3 is 2.54 bits per heavy atom. The summed E-state index contributed by atoms with van der Waals surface area (Å²) in [4.78, 5) is 12.0. The third-order valence-electron chi connectivity index (χ3n) is 4.42. The number of benzene rings is 2. The lowest BCUT2D eigenvalue weighted by atomic mass is 9.79. The molecule has 1 heterocycles. The third kappa shape index (κ3) is 3.07. The molecule has 1 N–H and O–H groups in total. The summed E-state index contributed by atoms with van der Waals surface area (Å²) < 4.78 is 51.1. The summed E-state index contributed by atoms with van der Waals surface area (Å²) in [5.41, 5.74) is -2.57. The number of hydrogen-bond acceptors (Lipinski definition) is 3. The molecule has 0 radical (unpaired) electrons. The van der Waals surface area contributed by atoms with E-state index in [2.05, 4.69) is 22.5 Å². The smallest absolute Gasteiger partial charge is 0.417 e. The van der Waals surface area contributed by atoms with Crippen molar-refractivity contribution in [1.82, 2.24) is 0 Å². The quantitative estimate of drug-likeness (QED) is 0.497. The van der Waals surface area contributed by atoms with Gasteiger partial charge in [0, 0.05) is 21.2 Å². The van der Waals surface area contributed by atoms with Gasteiger partial charge in [0.15, 0.2) is 5.60 Å². The number of methoxy groups -OCH3 is 1. The van der Waals surface area contributed by atoms with Crippen molar-refractivity contribution in [3.63, 3.8) is 0 Å². The van der Waals surface area contributed by atoms with Crippen molar-refractivity contribution >= 4 is 27.5 Å². The van der Waals surface area contributed by atoms with Gasteiger partial charge >= 0.3 is 12.1 Å². The van der Waals surface area contributed by atoms with Gasteiger partial charge < -0.3 is 14.6 Å². The molecule has 0 bridgehead atoms. The van der Waals surface area contributed by atoms with Crippen LogP contribution in [0, 0.1) is 0 Å². The highest BCUT2D eigenvalue weighted by molar-refractivity contribution is 9.10. The van der Waals surface area contributed by atoms with Crippen molar-refractivity contribution in [2.24, 2.45) is 0 Å². The van der Waals surface area contributed by atoms with Crippen molar-refractivity contribution in [2.45, 2.75) is 11.8 Å². The first-order valence-corrected chi connectivity index (χ1v) is 8.74. The predicted molar refractivity (Wildman–Crippen MR) is 99.7 cm³/mol. The standard InChI is InChI=1S/C20H14BrF3O4/c1-11-13-5-3-4-6-17(13)28-19(11,15(10-27-2)18(25)26)12-7-8-16(21)14(9-12)20(22,23)24/h3-10H,1H2,2H3,(H,25,26)/b15-10-. The highest BCUT2D eigenvalue weighted by atomic mass is 79.9.